The highest BCUT2D eigenvalue weighted by Crippen LogP contribution is 2.18. The highest BCUT2D eigenvalue weighted by atomic mass is 16.2. The van der Waals surface area contributed by atoms with Gasteiger partial charge in [0.05, 0.1) is 11.1 Å². The first-order valence-electron chi connectivity index (χ1n) is 9.03. The number of primary amides is 1. The third kappa shape index (κ3) is 3.55. The number of benzene rings is 3. The second-order valence-electron chi connectivity index (χ2n) is 6.69. The van der Waals surface area contributed by atoms with Crippen LogP contribution in [0, 0.1) is 0 Å². The predicted octanol–water partition coefficient (Wildman–Crippen LogP) is 3.21. The number of hydrogen-bond acceptors (Lipinski definition) is 3. The molecule has 0 saturated heterocycles. The summed E-state index contributed by atoms with van der Waals surface area (Å²) in [5, 5.41) is 5.71. The minimum absolute atomic E-state index is 0.328. The minimum Gasteiger partial charge on any atom is -0.368 e. The van der Waals surface area contributed by atoms with Gasteiger partial charge in [-0.3, -0.25) is 14.6 Å². The molecular formula is C23H19N3O2. The molecule has 0 aliphatic rings. The Morgan fingerprint density at radius 1 is 0.929 bits per heavy atom. The third-order valence-electron chi connectivity index (χ3n) is 4.80. The molecule has 0 fully saturated rings. The van der Waals surface area contributed by atoms with Crippen LogP contribution in [-0.2, 0) is 11.2 Å². The fourth-order valence-corrected chi connectivity index (χ4v) is 3.35. The average Bonchev–Trinajstić information content (AvgIpc) is 2.72. The molecule has 0 aliphatic heterocycles. The van der Waals surface area contributed by atoms with Crippen LogP contribution in [0.15, 0.2) is 79.0 Å². The van der Waals surface area contributed by atoms with E-state index in [4.69, 9.17) is 5.73 Å². The smallest absolute Gasteiger partial charge is 0.252 e. The molecule has 5 heteroatoms. The number of amides is 2. The van der Waals surface area contributed by atoms with E-state index in [0.717, 1.165) is 27.2 Å². The van der Waals surface area contributed by atoms with Crippen molar-refractivity contribution < 1.29 is 9.59 Å². The monoisotopic (exact) mass is 369 g/mol. The number of pyridine rings is 1. The summed E-state index contributed by atoms with van der Waals surface area (Å²) in [7, 11) is 0. The van der Waals surface area contributed by atoms with Crippen LogP contribution in [0.2, 0.25) is 0 Å². The molecule has 0 radical (unpaired) electrons. The topological polar surface area (TPSA) is 85.1 Å². The van der Waals surface area contributed by atoms with Crippen molar-refractivity contribution in [1.82, 2.24) is 10.3 Å². The van der Waals surface area contributed by atoms with Crippen LogP contribution >= 0.6 is 0 Å². The van der Waals surface area contributed by atoms with Crippen molar-refractivity contribution in [3.05, 3.63) is 90.1 Å². The lowest BCUT2D eigenvalue weighted by Gasteiger charge is -2.16. The first-order chi connectivity index (χ1) is 13.6. The van der Waals surface area contributed by atoms with E-state index in [1.807, 2.05) is 66.7 Å². The quantitative estimate of drug-likeness (QED) is 0.566. The normalized spacial score (nSPS) is 12.0. The van der Waals surface area contributed by atoms with Gasteiger partial charge in [0, 0.05) is 18.0 Å². The standard InChI is InChI=1S/C23H19N3O2/c24-22(27)21(14-15-9-10-16-5-1-2-6-17(16)13-15)26-23(28)19-11-12-25-20-8-4-3-7-18(19)20/h1-13,21H,14H2,(H2,24,27)(H,26,28)/t21-/m1/s1. The van der Waals surface area contributed by atoms with Gasteiger partial charge >= 0.3 is 0 Å². The van der Waals surface area contributed by atoms with Crippen molar-refractivity contribution in [3.8, 4) is 0 Å². The number of carbonyl (C=O) groups is 2. The Bertz CT molecular complexity index is 1180. The van der Waals surface area contributed by atoms with Crippen molar-refractivity contribution >= 4 is 33.5 Å². The Kier molecular flexibility index (Phi) is 4.72. The van der Waals surface area contributed by atoms with Crippen LogP contribution in [0.5, 0.6) is 0 Å². The van der Waals surface area contributed by atoms with Crippen molar-refractivity contribution in [2.24, 2.45) is 5.73 Å². The maximum atomic E-state index is 12.8. The van der Waals surface area contributed by atoms with Crippen molar-refractivity contribution in [2.75, 3.05) is 0 Å². The molecular weight excluding hydrogens is 350 g/mol. The van der Waals surface area contributed by atoms with Gasteiger partial charge in [-0.1, -0.05) is 60.7 Å². The molecule has 3 N–H and O–H groups in total. The van der Waals surface area contributed by atoms with Crippen LogP contribution in [0.3, 0.4) is 0 Å². The summed E-state index contributed by atoms with van der Waals surface area (Å²) in [5.41, 5.74) is 7.69. The van der Waals surface area contributed by atoms with E-state index < -0.39 is 11.9 Å². The number of aromatic nitrogens is 1. The zero-order valence-electron chi connectivity index (χ0n) is 15.1. The first-order valence-corrected chi connectivity index (χ1v) is 9.03. The van der Waals surface area contributed by atoms with Gasteiger partial charge in [-0.25, -0.2) is 0 Å². The molecule has 0 bridgehead atoms. The molecule has 2 amide bonds. The largest absolute Gasteiger partial charge is 0.368 e. The summed E-state index contributed by atoms with van der Waals surface area (Å²) in [6, 6.07) is 22.2. The number of fused-ring (bicyclic) bond motifs is 2. The van der Waals surface area contributed by atoms with Crippen molar-refractivity contribution in [1.29, 1.82) is 0 Å². The maximum absolute atomic E-state index is 12.8. The second-order valence-corrected chi connectivity index (χ2v) is 6.69. The van der Waals surface area contributed by atoms with Crippen LogP contribution in [0.4, 0.5) is 0 Å². The third-order valence-corrected chi connectivity index (χ3v) is 4.80. The van der Waals surface area contributed by atoms with E-state index in [1.165, 1.54) is 0 Å². The number of hydrogen-bond donors (Lipinski definition) is 2. The van der Waals surface area contributed by atoms with Gasteiger partial charge in [0.2, 0.25) is 5.91 Å². The van der Waals surface area contributed by atoms with Crippen LogP contribution in [0.1, 0.15) is 15.9 Å². The van der Waals surface area contributed by atoms with Crippen LogP contribution in [0.25, 0.3) is 21.7 Å². The van der Waals surface area contributed by atoms with Gasteiger partial charge < -0.3 is 11.1 Å². The molecule has 1 heterocycles. The highest BCUT2D eigenvalue weighted by Gasteiger charge is 2.21. The SMILES string of the molecule is NC(=O)[C@@H](Cc1ccc2ccccc2c1)NC(=O)c1ccnc2ccccc12. The molecule has 1 aromatic heterocycles. The Morgan fingerprint density at radius 3 is 2.50 bits per heavy atom. The van der Waals surface area contributed by atoms with Crippen molar-refractivity contribution in [2.45, 2.75) is 12.5 Å². The first kappa shape index (κ1) is 17.7. The minimum atomic E-state index is -0.805. The summed E-state index contributed by atoms with van der Waals surface area (Å²) < 4.78 is 0. The highest BCUT2D eigenvalue weighted by molar-refractivity contribution is 6.07. The molecule has 138 valence electrons. The predicted molar refractivity (Wildman–Crippen MR) is 110 cm³/mol. The second kappa shape index (κ2) is 7.48. The zero-order chi connectivity index (χ0) is 19.5. The van der Waals surface area contributed by atoms with E-state index in [0.29, 0.717) is 12.0 Å². The molecule has 0 saturated carbocycles. The molecule has 4 rings (SSSR count). The Balaban J connectivity index is 1.59. The van der Waals surface area contributed by atoms with Crippen LogP contribution < -0.4 is 11.1 Å². The lowest BCUT2D eigenvalue weighted by Crippen LogP contribution is -2.45. The molecule has 0 unspecified atom stereocenters. The summed E-state index contributed by atoms with van der Waals surface area (Å²) in [5.74, 6) is -0.914. The van der Waals surface area contributed by atoms with E-state index in [9.17, 15) is 9.59 Å². The summed E-state index contributed by atoms with van der Waals surface area (Å²) in [4.78, 5) is 29.1. The Hall–Kier alpha value is -3.73. The number of nitrogens with zero attached hydrogens (tertiary/aromatic N) is 1. The van der Waals surface area contributed by atoms with Crippen molar-refractivity contribution in [3.63, 3.8) is 0 Å². The molecule has 1 atom stereocenters. The number of carbonyl (C=O) groups excluding carboxylic acids is 2. The molecule has 3 aromatic carbocycles. The number of nitrogens with two attached hydrogens (primary N) is 1. The number of nitrogens with one attached hydrogen (secondary N) is 1. The summed E-state index contributed by atoms with van der Waals surface area (Å²) >= 11 is 0. The molecule has 0 spiro atoms. The van der Waals surface area contributed by atoms with E-state index in [-0.39, 0.29) is 5.91 Å². The Labute approximate surface area is 162 Å². The molecule has 0 aliphatic carbocycles. The van der Waals surface area contributed by atoms with Gasteiger partial charge in [-0.05, 0) is 28.5 Å². The van der Waals surface area contributed by atoms with Gasteiger partial charge in [-0.2, -0.15) is 0 Å². The summed E-state index contributed by atoms with van der Waals surface area (Å²) in [6.45, 7) is 0. The molecule has 4 aromatic rings. The fraction of sp³-hybridized carbons (Fsp3) is 0.0870. The summed E-state index contributed by atoms with van der Waals surface area (Å²) in [6.07, 6.45) is 1.91. The lowest BCUT2D eigenvalue weighted by molar-refractivity contribution is -0.119. The maximum Gasteiger partial charge on any atom is 0.252 e. The number of para-hydroxylation sites is 1. The molecule has 5 nitrogen and oxygen atoms in total. The fourth-order valence-electron chi connectivity index (χ4n) is 3.35. The van der Waals surface area contributed by atoms with Gasteiger partial charge in [0.25, 0.3) is 5.91 Å². The molecule has 28 heavy (non-hydrogen) atoms. The van der Waals surface area contributed by atoms with E-state index in [2.05, 4.69) is 10.3 Å². The van der Waals surface area contributed by atoms with Gasteiger partial charge in [-0.15, -0.1) is 0 Å². The van der Waals surface area contributed by atoms with Gasteiger partial charge in [0.15, 0.2) is 0 Å². The zero-order valence-corrected chi connectivity index (χ0v) is 15.1. The van der Waals surface area contributed by atoms with E-state index in [1.54, 1.807) is 12.3 Å². The van der Waals surface area contributed by atoms with E-state index >= 15 is 0 Å². The average molecular weight is 369 g/mol. The Morgan fingerprint density at radius 2 is 1.68 bits per heavy atom. The number of rotatable bonds is 5. The lowest BCUT2D eigenvalue weighted by atomic mass is 10.0. The van der Waals surface area contributed by atoms with Gasteiger partial charge in [0.1, 0.15) is 6.04 Å². The van der Waals surface area contributed by atoms with Crippen LogP contribution in [-0.4, -0.2) is 22.8 Å².